The second-order valence-corrected chi connectivity index (χ2v) is 2.93. The van der Waals surface area contributed by atoms with E-state index in [4.69, 9.17) is 9.47 Å². The normalized spacial score (nSPS) is 13.9. The van der Waals surface area contributed by atoms with Crippen molar-refractivity contribution in [3.63, 3.8) is 0 Å². The van der Waals surface area contributed by atoms with Crippen LogP contribution in [0.2, 0.25) is 0 Å². The Hall–Kier alpha value is -2.72. The van der Waals surface area contributed by atoms with Crippen LogP contribution in [0.15, 0.2) is 21.6 Å². The summed E-state index contributed by atoms with van der Waals surface area (Å²) < 4.78 is 9.88. The summed E-state index contributed by atoms with van der Waals surface area (Å²) in [6.07, 6.45) is 0. The molecule has 0 aliphatic carbocycles. The molecule has 0 aromatic rings. The van der Waals surface area contributed by atoms with Gasteiger partial charge in [0, 0.05) is 0 Å². The lowest BCUT2D eigenvalue weighted by Gasteiger charge is -2.22. The first-order chi connectivity index (χ1) is 8.99. The number of nitrogens with zero attached hydrogens (tertiary/aromatic N) is 5. The largest absolute Gasteiger partial charge is 0.571 e. The summed E-state index contributed by atoms with van der Waals surface area (Å²) >= 11 is 0. The average molecular weight is 272 g/mol. The Balaban J connectivity index is 3.25. The Labute approximate surface area is 106 Å². The molecule has 0 unspecified atom stereocenters. The zero-order chi connectivity index (χ0) is 14.4. The van der Waals surface area contributed by atoms with E-state index in [9.17, 15) is 20.2 Å². The molecule has 0 saturated carbocycles. The molecular weight excluding hydrogens is 262 g/mol. The lowest BCUT2D eigenvalue weighted by molar-refractivity contribution is -0.617. The van der Waals surface area contributed by atoms with Crippen molar-refractivity contribution in [3.8, 4) is 0 Å². The van der Waals surface area contributed by atoms with Crippen LogP contribution in [0.4, 0.5) is 0 Å². The number of rotatable bonds is 4. The first-order valence-corrected chi connectivity index (χ1v) is 5.17. The summed E-state index contributed by atoms with van der Waals surface area (Å²) in [4.78, 5) is 25.9. The van der Waals surface area contributed by atoms with E-state index < -0.39 is 21.5 Å². The van der Waals surface area contributed by atoms with E-state index in [1.165, 1.54) is 0 Å². The topological polar surface area (TPSA) is 144 Å². The third-order valence-corrected chi connectivity index (χ3v) is 1.69. The number of ether oxygens (including phenoxy) is 2. The van der Waals surface area contributed by atoms with Gasteiger partial charge in [0.1, 0.15) is 9.85 Å². The molecule has 0 radical (unpaired) electrons. The van der Waals surface area contributed by atoms with Crippen LogP contribution in [0.25, 0.3) is 5.32 Å². The molecule has 0 spiro atoms. The van der Waals surface area contributed by atoms with Crippen molar-refractivity contribution in [2.45, 2.75) is 13.8 Å². The second kappa shape index (κ2) is 6.28. The summed E-state index contributed by atoms with van der Waals surface area (Å²) in [5.41, 5.74) is 0. The van der Waals surface area contributed by atoms with E-state index in [1.54, 1.807) is 13.8 Å². The van der Waals surface area contributed by atoms with Crippen LogP contribution in [0.3, 0.4) is 0 Å². The molecule has 0 fully saturated rings. The van der Waals surface area contributed by atoms with E-state index in [1.807, 2.05) is 0 Å². The Morgan fingerprint density at radius 2 is 1.53 bits per heavy atom. The number of hydrogen-bond donors (Lipinski definition) is 0. The van der Waals surface area contributed by atoms with E-state index in [0.29, 0.717) is 0 Å². The summed E-state index contributed by atoms with van der Waals surface area (Å²) in [7, 11) is 0. The smallest absolute Gasteiger partial charge is 0.487 e. The summed E-state index contributed by atoms with van der Waals surface area (Å²) in [5.74, 6) is -2.10. The molecule has 1 heterocycles. The van der Waals surface area contributed by atoms with Crippen molar-refractivity contribution >= 4 is 12.0 Å². The van der Waals surface area contributed by atoms with Gasteiger partial charge in [-0.05, 0) is 13.8 Å². The molecular formula is C8H10N5O6-. The van der Waals surface area contributed by atoms with Crippen LogP contribution < -0.4 is 0 Å². The number of nitro groups is 2. The molecule has 0 bridgehead atoms. The quantitative estimate of drug-likeness (QED) is 0.547. The third kappa shape index (κ3) is 3.62. The molecule has 0 saturated heterocycles. The van der Waals surface area contributed by atoms with Gasteiger partial charge in [0.15, 0.2) is 17.9 Å². The fourth-order valence-corrected chi connectivity index (χ4v) is 1.06. The molecule has 0 N–H and O–H groups in total. The Morgan fingerprint density at radius 1 is 1.11 bits per heavy atom. The number of aliphatic imine (C=N–C) groups is 2. The van der Waals surface area contributed by atoms with E-state index in [2.05, 4.69) is 15.3 Å². The molecule has 104 valence electrons. The SMILES string of the molecule is CCOC1=NC(=C([N+](=O)[O-])[N+](=O)[O-])N=C(OCC)[N-]1. The highest BCUT2D eigenvalue weighted by molar-refractivity contribution is 6.12. The van der Waals surface area contributed by atoms with Crippen molar-refractivity contribution in [1.82, 2.24) is 0 Å². The lowest BCUT2D eigenvalue weighted by Crippen LogP contribution is -2.20. The molecule has 0 amide bonds. The minimum Gasteiger partial charge on any atom is -0.487 e. The van der Waals surface area contributed by atoms with Gasteiger partial charge in [-0.3, -0.25) is 25.5 Å². The van der Waals surface area contributed by atoms with Crippen molar-refractivity contribution < 1.29 is 19.3 Å². The average Bonchev–Trinajstić information content (AvgIpc) is 2.28. The van der Waals surface area contributed by atoms with Gasteiger partial charge in [-0.25, -0.2) is 0 Å². The minimum absolute atomic E-state index is 0.182. The van der Waals surface area contributed by atoms with Gasteiger partial charge < -0.3 is 19.5 Å². The van der Waals surface area contributed by atoms with Gasteiger partial charge in [-0.2, -0.15) is 0 Å². The van der Waals surface area contributed by atoms with Crippen LogP contribution in [0, 0.1) is 20.2 Å². The first kappa shape index (κ1) is 14.3. The maximum atomic E-state index is 10.6. The molecule has 19 heavy (non-hydrogen) atoms. The summed E-state index contributed by atoms with van der Waals surface area (Å²) in [5, 5.41) is 24.9. The standard InChI is InChI=1S/C8H10N5O6/c1-3-18-7-9-5(6(12(14)15)13(16)17)10-8(11-7)19-4-2/h3-4H2,1-2H3/q-1. The Kier molecular flexibility index (Phi) is 4.74. The van der Waals surface area contributed by atoms with Crippen LogP contribution in [0.5, 0.6) is 0 Å². The van der Waals surface area contributed by atoms with E-state index in [-0.39, 0.29) is 25.3 Å². The molecule has 11 heteroatoms. The fourth-order valence-electron chi connectivity index (χ4n) is 1.06. The molecule has 0 aromatic carbocycles. The predicted molar refractivity (Wildman–Crippen MR) is 62.5 cm³/mol. The van der Waals surface area contributed by atoms with Crippen LogP contribution >= 0.6 is 0 Å². The highest BCUT2D eigenvalue weighted by Gasteiger charge is 2.30. The molecule has 1 rings (SSSR count). The molecule has 1 aliphatic rings. The fraction of sp³-hybridized carbons (Fsp3) is 0.500. The predicted octanol–water partition coefficient (Wildman–Crippen LogP) is 0.839. The maximum Gasteiger partial charge on any atom is 0.571 e. The van der Waals surface area contributed by atoms with Crippen molar-refractivity contribution in [1.29, 1.82) is 0 Å². The molecule has 11 nitrogen and oxygen atoms in total. The number of amidine groups is 2. The summed E-state index contributed by atoms with van der Waals surface area (Å²) in [6, 6.07) is -0.561. The Bertz CT molecular complexity index is 442. The number of hydrogen-bond acceptors (Lipinski definition) is 8. The van der Waals surface area contributed by atoms with Gasteiger partial charge in [0.05, 0.1) is 13.2 Å². The third-order valence-electron chi connectivity index (χ3n) is 1.69. The molecule has 0 aromatic heterocycles. The van der Waals surface area contributed by atoms with Gasteiger partial charge in [-0.1, -0.05) is 0 Å². The van der Waals surface area contributed by atoms with E-state index in [0.717, 1.165) is 0 Å². The molecule has 0 atom stereocenters. The van der Waals surface area contributed by atoms with Gasteiger partial charge in [0.25, 0.3) is 0 Å². The van der Waals surface area contributed by atoms with E-state index >= 15 is 0 Å². The first-order valence-electron chi connectivity index (χ1n) is 5.17. The van der Waals surface area contributed by atoms with Crippen molar-refractivity contribution in [2.75, 3.05) is 13.2 Å². The lowest BCUT2D eigenvalue weighted by atomic mass is 10.6. The van der Waals surface area contributed by atoms with Crippen LogP contribution in [-0.4, -0.2) is 35.1 Å². The van der Waals surface area contributed by atoms with Gasteiger partial charge >= 0.3 is 5.82 Å². The van der Waals surface area contributed by atoms with Crippen LogP contribution in [0.1, 0.15) is 13.8 Å². The zero-order valence-corrected chi connectivity index (χ0v) is 10.1. The Morgan fingerprint density at radius 3 is 1.84 bits per heavy atom. The van der Waals surface area contributed by atoms with Gasteiger partial charge in [0.2, 0.25) is 0 Å². The van der Waals surface area contributed by atoms with Gasteiger partial charge in [-0.15, -0.1) is 0 Å². The van der Waals surface area contributed by atoms with Crippen molar-refractivity contribution in [3.05, 3.63) is 37.2 Å². The minimum atomic E-state index is -1.37. The van der Waals surface area contributed by atoms with Crippen LogP contribution in [-0.2, 0) is 9.47 Å². The monoisotopic (exact) mass is 272 g/mol. The highest BCUT2D eigenvalue weighted by Crippen LogP contribution is 2.18. The zero-order valence-electron chi connectivity index (χ0n) is 10.1. The maximum absolute atomic E-state index is 10.6. The van der Waals surface area contributed by atoms with Crippen molar-refractivity contribution in [2.24, 2.45) is 9.98 Å². The molecule has 1 aliphatic heterocycles. The summed E-state index contributed by atoms with van der Waals surface area (Å²) in [6.45, 7) is 3.63. The highest BCUT2D eigenvalue weighted by atomic mass is 16.7. The second-order valence-electron chi connectivity index (χ2n) is 2.93.